The first-order chi connectivity index (χ1) is 31.2. The molecule has 0 fully saturated rings. The molecule has 0 amide bonds. The van der Waals surface area contributed by atoms with Crippen molar-refractivity contribution >= 4 is 94.5 Å². The van der Waals surface area contributed by atoms with Gasteiger partial charge in [-0.3, -0.25) is 0 Å². The summed E-state index contributed by atoms with van der Waals surface area (Å²) in [5.74, 6) is 0.699. The zero-order chi connectivity index (χ0) is 41.4. The summed E-state index contributed by atoms with van der Waals surface area (Å²) >= 11 is 5.60. The van der Waals surface area contributed by atoms with Gasteiger partial charge in [-0.2, -0.15) is 0 Å². The van der Waals surface area contributed by atoms with Gasteiger partial charge in [0.1, 0.15) is 0 Å². The average molecular weight is 855 g/mol. The minimum absolute atomic E-state index is 0.699. The molecular weight excluding hydrogens is 821 g/mol. The summed E-state index contributed by atoms with van der Waals surface area (Å²) in [6.45, 7) is 0. The Kier molecular flexibility index (Phi) is 8.48. The van der Waals surface area contributed by atoms with Crippen LogP contribution in [0.2, 0.25) is 0 Å². The maximum Gasteiger partial charge on any atom is 0.160 e. The van der Waals surface area contributed by atoms with Crippen molar-refractivity contribution in [2.24, 2.45) is 0 Å². The molecule has 4 aromatic heterocycles. The second-order valence-electron chi connectivity index (χ2n) is 16.0. The molecule has 13 rings (SSSR count). The van der Waals surface area contributed by atoms with Gasteiger partial charge in [0.2, 0.25) is 0 Å². The molecule has 0 saturated heterocycles. The number of hydrogen-bond donors (Lipinski definition) is 0. The Morgan fingerprint density at radius 1 is 0.254 bits per heavy atom. The van der Waals surface area contributed by atoms with Crippen molar-refractivity contribution in [2.75, 3.05) is 0 Å². The van der Waals surface area contributed by atoms with Gasteiger partial charge in [-0.05, 0) is 81.9 Å². The monoisotopic (exact) mass is 854 g/mol. The lowest BCUT2D eigenvalue weighted by Gasteiger charge is -2.14. The molecule has 9 aromatic carbocycles. The number of benzene rings is 9. The molecule has 0 aliphatic heterocycles. The van der Waals surface area contributed by atoms with Crippen LogP contribution >= 0.6 is 34.0 Å². The van der Waals surface area contributed by atoms with Crippen LogP contribution in [0.25, 0.3) is 128 Å². The van der Waals surface area contributed by atoms with Crippen molar-refractivity contribution in [1.29, 1.82) is 0 Å². The van der Waals surface area contributed by atoms with Gasteiger partial charge in [-0.1, -0.05) is 158 Å². The van der Waals surface area contributed by atoms with Gasteiger partial charge < -0.3 is 0 Å². The largest absolute Gasteiger partial charge is 0.228 e. The van der Waals surface area contributed by atoms with E-state index in [2.05, 4.69) is 200 Å². The molecule has 5 heteroatoms. The third-order valence-corrected chi connectivity index (χ3v) is 16.0. The summed E-state index contributed by atoms with van der Waals surface area (Å²) in [6.07, 6.45) is 0. The van der Waals surface area contributed by atoms with Gasteiger partial charge in [0.25, 0.3) is 0 Å². The lowest BCUT2D eigenvalue weighted by atomic mass is 9.93. The second kappa shape index (κ2) is 14.7. The SMILES string of the molecule is c1ccc(-c2nc(-c3cccc(-c4cccc5c4sc4ccccc45)c3)cc(-c3cc(-c4cccc5c4sc4ccccc45)cc(-c4cccc5c4sc4ccccc45)c3)n2)cc1. The van der Waals surface area contributed by atoms with Crippen LogP contribution in [0, 0.1) is 0 Å². The highest BCUT2D eigenvalue weighted by Gasteiger charge is 2.19. The molecule has 0 bridgehead atoms. The van der Waals surface area contributed by atoms with E-state index in [1.165, 1.54) is 82.8 Å². The molecular formula is C58H34N2S3. The highest BCUT2D eigenvalue weighted by molar-refractivity contribution is 7.27. The third-order valence-electron chi connectivity index (χ3n) is 12.3. The minimum atomic E-state index is 0.699. The van der Waals surface area contributed by atoms with Gasteiger partial charge in [-0.25, -0.2) is 9.97 Å². The maximum atomic E-state index is 5.40. The van der Waals surface area contributed by atoms with Gasteiger partial charge in [0, 0.05) is 77.2 Å². The topological polar surface area (TPSA) is 25.8 Å². The molecule has 0 aliphatic carbocycles. The lowest BCUT2D eigenvalue weighted by Crippen LogP contribution is -1.97. The summed E-state index contributed by atoms with van der Waals surface area (Å²) in [6, 6.07) is 74.9. The molecule has 0 atom stereocenters. The maximum absolute atomic E-state index is 5.40. The molecule has 0 spiro atoms. The molecule has 63 heavy (non-hydrogen) atoms. The van der Waals surface area contributed by atoms with Gasteiger partial charge in [0.15, 0.2) is 5.82 Å². The van der Waals surface area contributed by atoms with E-state index in [0.29, 0.717) is 5.82 Å². The van der Waals surface area contributed by atoms with Crippen LogP contribution in [-0.4, -0.2) is 9.97 Å². The summed E-state index contributed by atoms with van der Waals surface area (Å²) < 4.78 is 7.78. The Morgan fingerprint density at radius 3 is 1.14 bits per heavy atom. The van der Waals surface area contributed by atoms with Crippen molar-refractivity contribution in [3.05, 3.63) is 206 Å². The van der Waals surface area contributed by atoms with Crippen LogP contribution in [0.3, 0.4) is 0 Å². The molecule has 0 saturated carbocycles. The standard InChI is InChI=1S/C58H34N2S3/c1-2-14-35(15-3-1)58-59-50(37-17-10-16-36(30-37)41-21-11-24-47-44-18-4-7-27-52(44)61-55(41)47)34-51(60-58)40-32-38(42-22-12-25-48-45-19-5-8-28-53(45)62-56(42)48)31-39(33-40)43-23-13-26-49-46-20-6-9-29-54(46)63-57(43)49/h1-34H. The smallest absolute Gasteiger partial charge is 0.160 e. The number of thiophene rings is 3. The normalized spacial score (nSPS) is 11.8. The van der Waals surface area contributed by atoms with Gasteiger partial charge in [-0.15, -0.1) is 34.0 Å². The molecule has 294 valence electrons. The number of fused-ring (bicyclic) bond motifs is 9. The Bertz CT molecular complexity index is 3800. The van der Waals surface area contributed by atoms with E-state index in [1.54, 1.807) is 0 Å². The summed E-state index contributed by atoms with van der Waals surface area (Å²) in [4.78, 5) is 10.7. The zero-order valence-electron chi connectivity index (χ0n) is 33.7. The number of rotatable bonds is 6. The number of nitrogens with zero attached hydrogens (tertiary/aromatic N) is 2. The first-order valence-electron chi connectivity index (χ1n) is 21.1. The van der Waals surface area contributed by atoms with Gasteiger partial charge in [0.05, 0.1) is 11.4 Å². The van der Waals surface area contributed by atoms with E-state index in [-0.39, 0.29) is 0 Å². The predicted molar refractivity (Wildman–Crippen MR) is 273 cm³/mol. The van der Waals surface area contributed by atoms with Crippen LogP contribution < -0.4 is 0 Å². The van der Waals surface area contributed by atoms with Crippen molar-refractivity contribution in [2.45, 2.75) is 0 Å². The second-order valence-corrected chi connectivity index (χ2v) is 19.2. The third kappa shape index (κ3) is 6.11. The molecule has 13 aromatic rings. The van der Waals surface area contributed by atoms with Crippen molar-refractivity contribution in [1.82, 2.24) is 9.97 Å². The van der Waals surface area contributed by atoms with E-state index < -0.39 is 0 Å². The van der Waals surface area contributed by atoms with Crippen molar-refractivity contribution < 1.29 is 0 Å². The fourth-order valence-corrected chi connectivity index (χ4v) is 13.0. The molecule has 0 N–H and O–H groups in total. The van der Waals surface area contributed by atoms with Crippen LogP contribution in [-0.2, 0) is 0 Å². The molecule has 0 unspecified atom stereocenters. The predicted octanol–water partition coefficient (Wildman–Crippen LogP) is 17.6. The van der Waals surface area contributed by atoms with E-state index >= 15 is 0 Å². The molecule has 0 aliphatic rings. The summed E-state index contributed by atoms with van der Waals surface area (Å²) in [5, 5.41) is 7.76. The fraction of sp³-hybridized carbons (Fsp3) is 0. The lowest BCUT2D eigenvalue weighted by molar-refractivity contribution is 1.18. The van der Waals surface area contributed by atoms with E-state index in [0.717, 1.165) is 39.2 Å². The van der Waals surface area contributed by atoms with Crippen LogP contribution in [0.5, 0.6) is 0 Å². The Labute approximate surface area is 375 Å². The van der Waals surface area contributed by atoms with Crippen molar-refractivity contribution in [3.8, 4) is 67.3 Å². The van der Waals surface area contributed by atoms with Crippen LogP contribution in [0.15, 0.2) is 206 Å². The molecule has 0 radical (unpaired) electrons. The quantitative estimate of drug-likeness (QED) is 0.167. The Morgan fingerprint density at radius 2 is 0.619 bits per heavy atom. The van der Waals surface area contributed by atoms with Crippen LogP contribution in [0.1, 0.15) is 0 Å². The van der Waals surface area contributed by atoms with E-state index in [4.69, 9.17) is 9.97 Å². The fourth-order valence-electron chi connectivity index (χ4n) is 9.32. The molecule has 2 nitrogen and oxygen atoms in total. The summed E-state index contributed by atoms with van der Waals surface area (Å²) in [7, 11) is 0. The molecule has 4 heterocycles. The highest BCUT2D eigenvalue weighted by atomic mass is 32.1. The van der Waals surface area contributed by atoms with Crippen LogP contribution in [0.4, 0.5) is 0 Å². The first kappa shape index (κ1) is 36.4. The highest BCUT2D eigenvalue weighted by Crippen LogP contribution is 2.46. The Balaban J connectivity index is 1.04. The number of hydrogen-bond acceptors (Lipinski definition) is 5. The first-order valence-corrected chi connectivity index (χ1v) is 23.6. The average Bonchev–Trinajstić information content (AvgIpc) is 4.06. The van der Waals surface area contributed by atoms with E-state index in [1.807, 2.05) is 40.1 Å². The van der Waals surface area contributed by atoms with Gasteiger partial charge >= 0.3 is 0 Å². The summed E-state index contributed by atoms with van der Waals surface area (Å²) in [5.41, 5.74) is 12.0. The number of aromatic nitrogens is 2. The zero-order valence-corrected chi connectivity index (χ0v) is 36.2. The minimum Gasteiger partial charge on any atom is -0.228 e. The van der Waals surface area contributed by atoms with E-state index in [9.17, 15) is 0 Å². The van der Waals surface area contributed by atoms with Crippen molar-refractivity contribution in [3.63, 3.8) is 0 Å². The Hall–Kier alpha value is -7.28.